The lowest BCUT2D eigenvalue weighted by atomic mass is 10.0. The van der Waals surface area contributed by atoms with Crippen molar-refractivity contribution >= 4 is 0 Å². The first kappa shape index (κ1) is 17.5. The fourth-order valence-corrected chi connectivity index (χ4v) is 2.10. The fraction of sp³-hybridized carbons (Fsp3) is 0.875. The Labute approximate surface area is 113 Å². The minimum absolute atomic E-state index is 0.509. The lowest BCUT2D eigenvalue weighted by molar-refractivity contribution is 0.00942. The predicted octanol–water partition coefficient (Wildman–Crippen LogP) is 3.65. The molecule has 2 nitrogen and oxygen atoms in total. The van der Waals surface area contributed by atoms with Crippen LogP contribution in [0.3, 0.4) is 0 Å². The van der Waals surface area contributed by atoms with Crippen LogP contribution in [0.25, 0.3) is 0 Å². The van der Waals surface area contributed by atoms with Crippen molar-refractivity contribution in [1.29, 1.82) is 0 Å². The van der Waals surface area contributed by atoms with E-state index in [1.165, 1.54) is 38.5 Å². The van der Waals surface area contributed by atoms with Crippen LogP contribution in [0.1, 0.15) is 77.6 Å². The molecule has 0 rings (SSSR count). The molecule has 0 spiro atoms. The monoisotopic (exact) mass is 254 g/mol. The van der Waals surface area contributed by atoms with Gasteiger partial charge in [0.15, 0.2) is 0 Å². The Hall–Kier alpha value is -0.520. The quantitative estimate of drug-likeness (QED) is 0.412. The van der Waals surface area contributed by atoms with Gasteiger partial charge in [-0.1, -0.05) is 58.3 Å². The third-order valence-electron chi connectivity index (χ3n) is 3.38. The first-order chi connectivity index (χ1) is 8.72. The maximum absolute atomic E-state index is 9.70. The van der Waals surface area contributed by atoms with E-state index in [2.05, 4.69) is 12.8 Å². The molecule has 2 atom stereocenters. The van der Waals surface area contributed by atoms with Crippen molar-refractivity contribution in [2.75, 3.05) is 0 Å². The predicted molar refractivity (Wildman–Crippen MR) is 77.3 cm³/mol. The van der Waals surface area contributed by atoms with Crippen LogP contribution in [-0.2, 0) is 0 Å². The van der Waals surface area contributed by atoms with Crippen molar-refractivity contribution in [3.63, 3.8) is 0 Å². The van der Waals surface area contributed by atoms with Crippen LogP contribution in [0.4, 0.5) is 0 Å². The SMILES string of the molecule is C#CCC[C@H](O)[C@@H](O)CCCCCCCCCC. The van der Waals surface area contributed by atoms with E-state index in [-0.39, 0.29) is 0 Å². The minimum Gasteiger partial charge on any atom is -0.390 e. The van der Waals surface area contributed by atoms with E-state index in [0.29, 0.717) is 19.3 Å². The largest absolute Gasteiger partial charge is 0.390 e. The Kier molecular flexibility index (Phi) is 12.6. The summed E-state index contributed by atoms with van der Waals surface area (Å²) in [6.45, 7) is 2.23. The van der Waals surface area contributed by atoms with Gasteiger partial charge in [-0.15, -0.1) is 12.3 Å². The zero-order valence-electron chi connectivity index (χ0n) is 11.9. The summed E-state index contributed by atoms with van der Waals surface area (Å²) < 4.78 is 0. The summed E-state index contributed by atoms with van der Waals surface area (Å²) in [4.78, 5) is 0. The standard InChI is InChI=1S/C16H30O2/c1-3-5-7-8-9-10-11-12-14-16(18)15(17)13-6-4-2/h2,15-18H,3,5-14H2,1H3/t15-,16-/m0/s1. The third-order valence-corrected chi connectivity index (χ3v) is 3.38. The van der Waals surface area contributed by atoms with Gasteiger partial charge in [0.25, 0.3) is 0 Å². The molecule has 18 heavy (non-hydrogen) atoms. The maximum Gasteiger partial charge on any atom is 0.0808 e. The lowest BCUT2D eigenvalue weighted by Crippen LogP contribution is -2.25. The van der Waals surface area contributed by atoms with Gasteiger partial charge < -0.3 is 10.2 Å². The Bertz CT molecular complexity index is 208. The highest BCUT2D eigenvalue weighted by Gasteiger charge is 2.14. The Morgan fingerprint density at radius 1 is 0.833 bits per heavy atom. The third kappa shape index (κ3) is 10.6. The van der Waals surface area contributed by atoms with Crippen LogP contribution in [0.5, 0.6) is 0 Å². The number of rotatable bonds is 12. The van der Waals surface area contributed by atoms with Gasteiger partial charge in [0, 0.05) is 6.42 Å². The molecular formula is C16H30O2. The maximum atomic E-state index is 9.70. The molecule has 0 unspecified atom stereocenters. The smallest absolute Gasteiger partial charge is 0.0808 e. The summed E-state index contributed by atoms with van der Waals surface area (Å²) in [5.41, 5.74) is 0. The molecule has 0 bridgehead atoms. The molecule has 0 aromatic carbocycles. The topological polar surface area (TPSA) is 40.5 Å². The number of aliphatic hydroxyl groups is 2. The van der Waals surface area contributed by atoms with Gasteiger partial charge in [-0.25, -0.2) is 0 Å². The molecule has 0 amide bonds. The molecule has 0 fully saturated rings. The number of aliphatic hydroxyl groups excluding tert-OH is 2. The summed E-state index contributed by atoms with van der Waals surface area (Å²) in [6, 6.07) is 0. The second kappa shape index (κ2) is 12.9. The molecule has 0 aromatic rings. The van der Waals surface area contributed by atoms with E-state index in [9.17, 15) is 10.2 Å². The van der Waals surface area contributed by atoms with E-state index < -0.39 is 12.2 Å². The van der Waals surface area contributed by atoms with Crippen LogP contribution in [0.15, 0.2) is 0 Å². The van der Waals surface area contributed by atoms with E-state index in [0.717, 1.165) is 12.8 Å². The molecule has 0 aromatic heterocycles. The Morgan fingerprint density at radius 2 is 1.33 bits per heavy atom. The zero-order chi connectivity index (χ0) is 13.6. The van der Waals surface area contributed by atoms with Crippen LogP contribution in [0.2, 0.25) is 0 Å². The van der Waals surface area contributed by atoms with Gasteiger partial charge in [-0.3, -0.25) is 0 Å². The summed E-state index contributed by atoms with van der Waals surface area (Å²) in [7, 11) is 0. The molecule has 2 N–H and O–H groups in total. The molecule has 0 aliphatic heterocycles. The molecule has 2 heteroatoms. The molecule has 0 aliphatic rings. The molecule has 0 radical (unpaired) electrons. The van der Waals surface area contributed by atoms with Crippen LogP contribution >= 0.6 is 0 Å². The second-order valence-corrected chi connectivity index (χ2v) is 5.14. The second-order valence-electron chi connectivity index (χ2n) is 5.14. The van der Waals surface area contributed by atoms with Crippen LogP contribution < -0.4 is 0 Å². The van der Waals surface area contributed by atoms with Gasteiger partial charge in [0.2, 0.25) is 0 Å². The van der Waals surface area contributed by atoms with Crippen molar-refractivity contribution < 1.29 is 10.2 Å². The minimum atomic E-state index is -0.648. The highest BCUT2D eigenvalue weighted by Crippen LogP contribution is 2.13. The molecule has 106 valence electrons. The number of terminal acetylenes is 1. The van der Waals surface area contributed by atoms with Crippen molar-refractivity contribution in [3.8, 4) is 12.3 Å². The summed E-state index contributed by atoms with van der Waals surface area (Å²) in [5.74, 6) is 2.48. The average Bonchev–Trinajstić information content (AvgIpc) is 2.38. The van der Waals surface area contributed by atoms with Gasteiger partial charge in [0.05, 0.1) is 12.2 Å². The summed E-state index contributed by atoms with van der Waals surface area (Å²) >= 11 is 0. The van der Waals surface area contributed by atoms with Gasteiger partial charge in [0.1, 0.15) is 0 Å². The zero-order valence-corrected chi connectivity index (χ0v) is 11.9. The molecule has 0 aliphatic carbocycles. The van der Waals surface area contributed by atoms with Crippen LogP contribution in [-0.4, -0.2) is 22.4 Å². The molecule has 0 heterocycles. The van der Waals surface area contributed by atoms with Crippen molar-refractivity contribution in [2.24, 2.45) is 0 Å². The van der Waals surface area contributed by atoms with Crippen molar-refractivity contribution in [1.82, 2.24) is 0 Å². The first-order valence-corrected chi connectivity index (χ1v) is 7.52. The molecular weight excluding hydrogens is 224 g/mol. The normalized spacial score (nSPS) is 14.1. The average molecular weight is 254 g/mol. The van der Waals surface area contributed by atoms with Gasteiger partial charge >= 0.3 is 0 Å². The summed E-state index contributed by atoms with van der Waals surface area (Å²) in [5, 5.41) is 19.3. The molecule has 0 saturated heterocycles. The van der Waals surface area contributed by atoms with E-state index in [1.54, 1.807) is 0 Å². The number of hydrogen-bond acceptors (Lipinski definition) is 2. The van der Waals surface area contributed by atoms with Crippen LogP contribution in [0, 0.1) is 12.3 Å². The van der Waals surface area contributed by atoms with Gasteiger partial charge in [-0.2, -0.15) is 0 Å². The fourth-order valence-electron chi connectivity index (χ4n) is 2.10. The highest BCUT2D eigenvalue weighted by molar-refractivity contribution is 4.85. The highest BCUT2D eigenvalue weighted by atomic mass is 16.3. The first-order valence-electron chi connectivity index (χ1n) is 7.52. The van der Waals surface area contributed by atoms with E-state index >= 15 is 0 Å². The lowest BCUT2D eigenvalue weighted by Gasteiger charge is -2.16. The number of unbranched alkanes of at least 4 members (excludes halogenated alkanes) is 7. The van der Waals surface area contributed by atoms with Crippen molar-refractivity contribution in [2.45, 2.75) is 89.8 Å². The summed E-state index contributed by atoms with van der Waals surface area (Å²) in [6.07, 6.45) is 15.7. The van der Waals surface area contributed by atoms with Crippen molar-refractivity contribution in [3.05, 3.63) is 0 Å². The Morgan fingerprint density at radius 3 is 1.89 bits per heavy atom. The van der Waals surface area contributed by atoms with E-state index in [1.807, 2.05) is 0 Å². The number of hydrogen-bond donors (Lipinski definition) is 2. The molecule has 0 saturated carbocycles. The van der Waals surface area contributed by atoms with Gasteiger partial charge in [-0.05, 0) is 12.8 Å². The Balaban J connectivity index is 3.29. The van der Waals surface area contributed by atoms with E-state index in [4.69, 9.17) is 6.42 Å².